The molecule has 3 heterocycles. The van der Waals surface area contributed by atoms with Crippen LogP contribution >= 0.6 is 0 Å². The van der Waals surface area contributed by atoms with E-state index in [9.17, 15) is 28.1 Å². The first-order valence-electron chi connectivity index (χ1n) is 8.77. The summed E-state index contributed by atoms with van der Waals surface area (Å²) < 4.78 is 39.8. The van der Waals surface area contributed by atoms with Crippen molar-refractivity contribution in [2.75, 3.05) is 18.0 Å². The lowest BCUT2D eigenvalue weighted by Crippen LogP contribution is -2.37. The summed E-state index contributed by atoms with van der Waals surface area (Å²) in [5.41, 5.74) is -1.15. The third-order valence-corrected chi connectivity index (χ3v) is 4.94. The number of alkyl halides is 3. The van der Waals surface area contributed by atoms with Crippen LogP contribution in [0.4, 0.5) is 24.5 Å². The molecule has 1 aromatic carbocycles. The summed E-state index contributed by atoms with van der Waals surface area (Å²) in [4.78, 5) is 31.1. The van der Waals surface area contributed by atoms with Crippen molar-refractivity contribution >= 4 is 22.3 Å². The van der Waals surface area contributed by atoms with E-state index in [2.05, 4.69) is 15.1 Å². The molecule has 2 aromatic heterocycles. The van der Waals surface area contributed by atoms with E-state index >= 15 is 0 Å². The van der Waals surface area contributed by atoms with Crippen LogP contribution in [-0.2, 0) is 6.18 Å². The molecule has 12 heteroatoms. The minimum absolute atomic E-state index is 0.0957. The average Bonchev–Trinajstić information content (AvgIpc) is 3.18. The molecule has 152 valence electrons. The van der Waals surface area contributed by atoms with Gasteiger partial charge in [-0.25, -0.2) is 4.98 Å². The van der Waals surface area contributed by atoms with Gasteiger partial charge in [0.15, 0.2) is 5.69 Å². The summed E-state index contributed by atoms with van der Waals surface area (Å²) in [5, 5.41) is 15.3. The molecule has 9 nitrogen and oxygen atoms in total. The van der Waals surface area contributed by atoms with Crippen LogP contribution in [0.2, 0.25) is 0 Å². The van der Waals surface area contributed by atoms with Crippen LogP contribution in [0.1, 0.15) is 24.6 Å². The molecule has 0 amide bonds. The number of nitro benzene ring substituents is 1. The minimum Gasteiger partial charge on any atom is -0.364 e. The Labute approximate surface area is 160 Å². The van der Waals surface area contributed by atoms with Gasteiger partial charge in [-0.15, -0.1) is 0 Å². The first-order chi connectivity index (χ1) is 13.7. The first kappa shape index (κ1) is 18.9. The van der Waals surface area contributed by atoms with E-state index in [1.165, 1.54) is 29.3 Å². The number of nitrogens with one attached hydrogen (secondary N) is 1. The Bertz CT molecular complexity index is 1140. The SMILES string of the molecule is O=c1[nH]cnc2cc(N3CCCC(n4ccc(C(F)(F)F)n4)C3)c([N+](=O)[O-])cc12. The van der Waals surface area contributed by atoms with Crippen LogP contribution in [0, 0.1) is 10.1 Å². The second kappa shape index (κ2) is 6.87. The van der Waals surface area contributed by atoms with Gasteiger partial charge in [0.2, 0.25) is 0 Å². The molecular weight excluding hydrogens is 393 g/mol. The molecule has 0 radical (unpaired) electrons. The molecule has 0 spiro atoms. The molecule has 1 saturated heterocycles. The highest BCUT2D eigenvalue weighted by atomic mass is 19.4. The van der Waals surface area contributed by atoms with Crippen molar-refractivity contribution in [2.24, 2.45) is 0 Å². The summed E-state index contributed by atoms with van der Waals surface area (Å²) in [5.74, 6) is 0. The van der Waals surface area contributed by atoms with E-state index < -0.39 is 22.4 Å². The van der Waals surface area contributed by atoms with Crippen molar-refractivity contribution in [3.05, 3.63) is 56.9 Å². The van der Waals surface area contributed by atoms with E-state index in [1.807, 2.05) is 0 Å². The van der Waals surface area contributed by atoms with Crippen LogP contribution in [-0.4, -0.2) is 37.8 Å². The maximum absolute atomic E-state index is 12.8. The molecule has 0 aliphatic carbocycles. The molecule has 1 N–H and O–H groups in total. The molecule has 4 rings (SSSR count). The summed E-state index contributed by atoms with van der Waals surface area (Å²) in [7, 11) is 0. The van der Waals surface area contributed by atoms with Gasteiger partial charge in [-0.1, -0.05) is 0 Å². The van der Waals surface area contributed by atoms with Crippen LogP contribution in [0.25, 0.3) is 10.9 Å². The molecule has 3 aromatic rings. The number of H-pyrrole nitrogens is 1. The zero-order valence-corrected chi connectivity index (χ0v) is 14.9. The largest absolute Gasteiger partial charge is 0.435 e. The van der Waals surface area contributed by atoms with Gasteiger partial charge < -0.3 is 9.88 Å². The molecule has 0 bridgehead atoms. The number of aromatic amines is 1. The maximum atomic E-state index is 12.8. The molecule has 1 atom stereocenters. The minimum atomic E-state index is -4.53. The summed E-state index contributed by atoms with van der Waals surface area (Å²) in [6, 6.07) is 3.18. The number of rotatable bonds is 3. The van der Waals surface area contributed by atoms with Gasteiger partial charge in [0, 0.05) is 25.4 Å². The Morgan fingerprint density at radius 1 is 1.31 bits per heavy atom. The Morgan fingerprint density at radius 2 is 2.10 bits per heavy atom. The zero-order chi connectivity index (χ0) is 20.8. The first-order valence-corrected chi connectivity index (χ1v) is 8.77. The maximum Gasteiger partial charge on any atom is 0.435 e. The van der Waals surface area contributed by atoms with Crippen molar-refractivity contribution in [1.29, 1.82) is 0 Å². The van der Waals surface area contributed by atoms with Gasteiger partial charge in [0.25, 0.3) is 11.2 Å². The van der Waals surface area contributed by atoms with E-state index in [-0.39, 0.29) is 29.3 Å². The van der Waals surface area contributed by atoms with Crippen LogP contribution < -0.4 is 10.5 Å². The van der Waals surface area contributed by atoms with Crippen molar-refractivity contribution in [1.82, 2.24) is 19.7 Å². The molecule has 1 aliphatic heterocycles. The van der Waals surface area contributed by atoms with Gasteiger partial charge >= 0.3 is 6.18 Å². The number of hydrogen-bond donors (Lipinski definition) is 1. The van der Waals surface area contributed by atoms with Gasteiger partial charge in [-0.3, -0.25) is 19.6 Å². The number of halogens is 3. The van der Waals surface area contributed by atoms with Crippen molar-refractivity contribution < 1.29 is 18.1 Å². The third kappa shape index (κ3) is 3.52. The lowest BCUT2D eigenvalue weighted by atomic mass is 10.0. The molecule has 0 saturated carbocycles. The monoisotopic (exact) mass is 408 g/mol. The van der Waals surface area contributed by atoms with Crippen LogP contribution in [0.3, 0.4) is 0 Å². The topological polar surface area (TPSA) is 110 Å². The molecule has 1 unspecified atom stereocenters. The summed E-state index contributed by atoms with van der Waals surface area (Å²) >= 11 is 0. The number of nitrogens with zero attached hydrogens (tertiary/aromatic N) is 5. The van der Waals surface area contributed by atoms with Crippen LogP contribution in [0.15, 0.2) is 35.5 Å². The fraction of sp³-hybridized carbons (Fsp3) is 0.353. The second-order valence-electron chi connectivity index (χ2n) is 6.77. The van der Waals surface area contributed by atoms with Crippen molar-refractivity contribution in [3.8, 4) is 0 Å². The third-order valence-electron chi connectivity index (χ3n) is 4.94. The number of fused-ring (bicyclic) bond motifs is 1. The predicted octanol–water partition coefficient (Wildman–Crippen LogP) is 2.89. The van der Waals surface area contributed by atoms with E-state index in [1.54, 1.807) is 4.90 Å². The molecular formula is C17H15F3N6O3. The van der Waals surface area contributed by atoms with Gasteiger partial charge in [-0.05, 0) is 25.0 Å². The zero-order valence-electron chi connectivity index (χ0n) is 14.9. The Hall–Kier alpha value is -3.44. The molecule has 29 heavy (non-hydrogen) atoms. The Balaban J connectivity index is 1.70. The number of benzene rings is 1. The van der Waals surface area contributed by atoms with Gasteiger partial charge in [0.05, 0.1) is 28.2 Å². The fourth-order valence-electron chi connectivity index (χ4n) is 3.57. The van der Waals surface area contributed by atoms with Crippen LogP contribution in [0.5, 0.6) is 0 Å². The highest BCUT2D eigenvalue weighted by Gasteiger charge is 2.35. The van der Waals surface area contributed by atoms with Gasteiger partial charge in [0.1, 0.15) is 5.69 Å². The average molecular weight is 408 g/mol. The summed E-state index contributed by atoms with van der Waals surface area (Å²) in [6.45, 7) is 0.730. The number of piperidine rings is 1. The standard InChI is InChI=1S/C17H15F3N6O3/c18-17(19,20)15-3-5-25(23-15)10-2-1-4-24(8-10)13-7-12-11(6-14(13)26(28)29)16(27)22-9-21-12/h3,5-7,9-10H,1-2,4,8H2,(H,21,22,27). The predicted molar refractivity (Wildman–Crippen MR) is 96.7 cm³/mol. The van der Waals surface area contributed by atoms with Crippen molar-refractivity contribution in [2.45, 2.75) is 25.1 Å². The molecule has 1 fully saturated rings. The smallest absolute Gasteiger partial charge is 0.364 e. The lowest BCUT2D eigenvalue weighted by molar-refractivity contribution is -0.384. The quantitative estimate of drug-likeness (QED) is 0.527. The highest BCUT2D eigenvalue weighted by Crippen LogP contribution is 2.35. The summed E-state index contributed by atoms with van der Waals surface area (Å²) in [6.07, 6.45) is -0.845. The van der Waals surface area contributed by atoms with E-state index in [4.69, 9.17) is 0 Å². The Kier molecular flexibility index (Phi) is 4.47. The number of hydrogen-bond acceptors (Lipinski definition) is 6. The lowest BCUT2D eigenvalue weighted by Gasteiger charge is -2.34. The van der Waals surface area contributed by atoms with Crippen molar-refractivity contribution in [3.63, 3.8) is 0 Å². The Morgan fingerprint density at radius 3 is 2.79 bits per heavy atom. The second-order valence-corrected chi connectivity index (χ2v) is 6.77. The highest BCUT2D eigenvalue weighted by molar-refractivity contribution is 5.87. The number of anilines is 1. The van der Waals surface area contributed by atoms with Gasteiger partial charge in [-0.2, -0.15) is 18.3 Å². The molecule has 1 aliphatic rings. The number of aromatic nitrogens is 4. The normalized spacial score (nSPS) is 17.6. The number of nitro groups is 1. The fourth-order valence-corrected chi connectivity index (χ4v) is 3.57. The van der Waals surface area contributed by atoms with E-state index in [0.29, 0.717) is 24.9 Å². The van der Waals surface area contributed by atoms with E-state index in [0.717, 1.165) is 6.07 Å².